The van der Waals surface area contributed by atoms with Gasteiger partial charge in [-0.15, -0.1) is 0 Å². The molecule has 0 fully saturated rings. The Morgan fingerprint density at radius 2 is 1.96 bits per heavy atom. The molecule has 2 rings (SSSR count). The first-order valence-corrected chi connectivity index (χ1v) is 8.68. The van der Waals surface area contributed by atoms with Crippen LogP contribution < -0.4 is 4.74 Å². The maximum atomic E-state index is 12.2. The molecule has 1 heterocycles. The van der Waals surface area contributed by atoms with Crippen LogP contribution in [0.25, 0.3) is 0 Å². The van der Waals surface area contributed by atoms with Crippen molar-refractivity contribution in [3.63, 3.8) is 0 Å². The van der Waals surface area contributed by atoms with Gasteiger partial charge in [-0.05, 0) is 53.7 Å². The highest BCUT2D eigenvalue weighted by atomic mass is 35.5. The second-order valence-electron chi connectivity index (χ2n) is 5.42. The highest BCUT2D eigenvalue weighted by Crippen LogP contribution is 2.15. The van der Waals surface area contributed by atoms with Gasteiger partial charge in [0.2, 0.25) is 5.91 Å². The Balaban J connectivity index is 1.68. The quantitative estimate of drug-likeness (QED) is 0.730. The lowest BCUT2D eigenvalue weighted by molar-refractivity contribution is -0.131. The zero-order chi connectivity index (χ0) is 16.7. The first-order valence-electron chi connectivity index (χ1n) is 7.36. The van der Waals surface area contributed by atoms with Gasteiger partial charge < -0.3 is 9.64 Å². The zero-order valence-electron chi connectivity index (χ0n) is 13.4. The standard InChI is InChI=1S/C17H21ClN2O2S/c1-19(8-9-22-16-5-3-15(18)4-6-16)12-17(21)20(2)11-14-7-10-23-13-14/h3-7,10,13H,8-9,11-12H2,1-2H3. The van der Waals surface area contributed by atoms with Crippen molar-refractivity contribution in [3.05, 3.63) is 51.7 Å². The second kappa shape index (κ2) is 8.91. The summed E-state index contributed by atoms with van der Waals surface area (Å²) in [5.41, 5.74) is 1.17. The van der Waals surface area contributed by atoms with Crippen LogP contribution in [0.2, 0.25) is 5.02 Å². The van der Waals surface area contributed by atoms with E-state index in [1.165, 1.54) is 5.56 Å². The number of carbonyl (C=O) groups excluding carboxylic acids is 1. The number of amides is 1. The largest absolute Gasteiger partial charge is 0.492 e. The van der Waals surface area contributed by atoms with Crippen molar-refractivity contribution in [1.82, 2.24) is 9.80 Å². The van der Waals surface area contributed by atoms with E-state index in [0.29, 0.717) is 31.3 Å². The molecule has 0 saturated heterocycles. The third-order valence-corrected chi connectivity index (χ3v) is 4.37. The molecule has 0 unspecified atom stereocenters. The first-order chi connectivity index (χ1) is 11.0. The van der Waals surface area contributed by atoms with Gasteiger partial charge >= 0.3 is 0 Å². The Kier molecular flexibility index (Phi) is 6.89. The van der Waals surface area contributed by atoms with Gasteiger partial charge in [-0.1, -0.05) is 11.6 Å². The van der Waals surface area contributed by atoms with Crippen molar-refractivity contribution >= 4 is 28.8 Å². The molecule has 124 valence electrons. The lowest BCUT2D eigenvalue weighted by Gasteiger charge is -2.21. The van der Waals surface area contributed by atoms with E-state index in [1.807, 2.05) is 42.6 Å². The molecule has 1 aromatic heterocycles. The van der Waals surface area contributed by atoms with E-state index < -0.39 is 0 Å². The van der Waals surface area contributed by atoms with Crippen LogP contribution in [0.1, 0.15) is 5.56 Å². The minimum Gasteiger partial charge on any atom is -0.492 e. The fourth-order valence-corrected chi connectivity index (χ4v) is 2.81. The molecule has 0 saturated carbocycles. The molecule has 0 aliphatic heterocycles. The van der Waals surface area contributed by atoms with E-state index in [9.17, 15) is 4.79 Å². The molecule has 1 amide bonds. The summed E-state index contributed by atoms with van der Waals surface area (Å²) < 4.78 is 5.64. The number of carbonyl (C=O) groups is 1. The normalized spacial score (nSPS) is 10.8. The molecule has 0 atom stereocenters. The molecule has 1 aromatic carbocycles. The number of halogens is 1. The molecule has 6 heteroatoms. The van der Waals surface area contributed by atoms with Gasteiger partial charge in [0.15, 0.2) is 0 Å². The number of thiophene rings is 1. The Morgan fingerprint density at radius 1 is 1.22 bits per heavy atom. The summed E-state index contributed by atoms with van der Waals surface area (Å²) in [7, 11) is 3.75. The summed E-state index contributed by atoms with van der Waals surface area (Å²) >= 11 is 7.47. The molecule has 0 spiro atoms. The molecule has 0 aliphatic carbocycles. The van der Waals surface area contributed by atoms with Gasteiger partial charge in [0, 0.05) is 25.2 Å². The number of rotatable bonds is 8. The summed E-state index contributed by atoms with van der Waals surface area (Å²) in [5.74, 6) is 0.883. The van der Waals surface area contributed by atoms with Crippen LogP contribution in [0, 0.1) is 0 Å². The average molecular weight is 353 g/mol. The minimum atomic E-state index is 0.102. The molecule has 0 bridgehead atoms. The van der Waals surface area contributed by atoms with Crippen LogP contribution in [-0.2, 0) is 11.3 Å². The van der Waals surface area contributed by atoms with Crippen LogP contribution in [0.3, 0.4) is 0 Å². The van der Waals surface area contributed by atoms with Crippen molar-refractivity contribution in [2.45, 2.75) is 6.54 Å². The van der Waals surface area contributed by atoms with Gasteiger partial charge in [0.05, 0.1) is 6.54 Å². The number of hydrogen-bond donors (Lipinski definition) is 0. The van der Waals surface area contributed by atoms with E-state index in [4.69, 9.17) is 16.3 Å². The molecule has 0 radical (unpaired) electrons. The number of benzene rings is 1. The molecule has 4 nitrogen and oxygen atoms in total. The Morgan fingerprint density at radius 3 is 2.61 bits per heavy atom. The summed E-state index contributed by atoms with van der Waals surface area (Å²) in [5, 5.41) is 4.77. The molecular weight excluding hydrogens is 332 g/mol. The molecular formula is C17H21ClN2O2S. The predicted octanol–water partition coefficient (Wildman–Crippen LogP) is 3.37. The molecule has 2 aromatic rings. The van der Waals surface area contributed by atoms with E-state index in [2.05, 4.69) is 5.38 Å². The second-order valence-corrected chi connectivity index (χ2v) is 6.64. The van der Waals surface area contributed by atoms with Crippen molar-refractivity contribution < 1.29 is 9.53 Å². The number of ether oxygens (including phenoxy) is 1. The fraction of sp³-hybridized carbons (Fsp3) is 0.353. The van der Waals surface area contributed by atoms with Crippen LogP contribution in [0.5, 0.6) is 5.75 Å². The van der Waals surface area contributed by atoms with Crippen LogP contribution in [0.15, 0.2) is 41.1 Å². The SMILES string of the molecule is CN(CCOc1ccc(Cl)cc1)CC(=O)N(C)Cc1ccsc1. The number of nitrogens with zero attached hydrogens (tertiary/aromatic N) is 2. The van der Waals surface area contributed by atoms with Gasteiger partial charge in [-0.25, -0.2) is 0 Å². The van der Waals surface area contributed by atoms with Gasteiger partial charge in [-0.3, -0.25) is 9.69 Å². The third-order valence-electron chi connectivity index (χ3n) is 3.39. The first kappa shape index (κ1) is 17.8. The van der Waals surface area contributed by atoms with E-state index in [1.54, 1.807) is 28.4 Å². The summed E-state index contributed by atoms with van der Waals surface area (Å²) in [6, 6.07) is 9.30. The predicted molar refractivity (Wildman–Crippen MR) is 95.2 cm³/mol. The third kappa shape index (κ3) is 6.22. The van der Waals surface area contributed by atoms with Crippen LogP contribution >= 0.6 is 22.9 Å². The smallest absolute Gasteiger partial charge is 0.236 e. The monoisotopic (exact) mass is 352 g/mol. The highest BCUT2D eigenvalue weighted by molar-refractivity contribution is 7.07. The number of hydrogen-bond acceptors (Lipinski definition) is 4. The Labute approximate surface area is 146 Å². The van der Waals surface area contributed by atoms with Crippen molar-refractivity contribution in [2.24, 2.45) is 0 Å². The maximum absolute atomic E-state index is 12.2. The van der Waals surface area contributed by atoms with Crippen molar-refractivity contribution in [3.8, 4) is 5.75 Å². The Hall–Kier alpha value is -1.56. The van der Waals surface area contributed by atoms with Crippen LogP contribution in [-0.4, -0.2) is 49.5 Å². The minimum absolute atomic E-state index is 0.102. The maximum Gasteiger partial charge on any atom is 0.236 e. The summed E-state index contributed by atoms with van der Waals surface area (Å²) in [6.45, 7) is 2.24. The fourth-order valence-electron chi connectivity index (χ4n) is 2.03. The zero-order valence-corrected chi connectivity index (χ0v) is 14.9. The summed E-state index contributed by atoms with van der Waals surface area (Å²) in [6.07, 6.45) is 0. The molecule has 0 aliphatic rings. The highest BCUT2D eigenvalue weighted by Gasteiger charge is 2.12. The van der Waals surface area contributed by atoms with E-state index in [0.717, 1.165) is 5.75 Å². The topological polar surface area (TPSA) is 32.8 Å². The molecule has 0 N–H and O–H groups in total. The Bertz CT molecular complexity index is 602. The lowest BCUT2D eigenvalue weighted by Crippen LogP contribution is -2.37. The molecule has 23 heavy (non-hydrogen) atoms. The van der Waals surface area contributed by atoms with Crippen LogP contribution in [0.4, 0.5) is 0 Å². The van der Waals surface area contributed by atoms with Crippen molar-refractivity contribution in [1.29, 1.82) is 0 Å². The number of likely N-dealkylation sites (N-methyl/N-ethyl adjacent to an activating group) is 2. The average Bonchev–Trinajstić information content (AvgIpc) is 3.02. The van der Waals surface area contributed by atoms with Gasteiger partial charge in [0.25, 0.3) is 0 Å². The van der Waals surface area contributed by atoms with E-state index in [-0.39, 0.29) is 5.91 Å². The summed E-state index contributed by atoms with van der Waals surface area (Å²) in [4.78, 5) is 15.9. The van der Waals surface area contributed by atoms with Gasteiger partial charge in [0.1, 0.15) is 12.4 Å². The van der Waals surface area contributed by atoms with E-state index >= 15 is 0 Å². The van der Waals surface area contributed by atoms with Gasteiger partial charge in [-0.2, -0.15) is 11.3 Å². The lowest BCUT2D eigenvalue weighted by atomic mass is 10.3. The van der Waals surface area contributed by atoms with Crippen molar-refractivity contribution in [2.75, 3.05) is 33.8 Å².